The number of piperidine rings is 1. The Morgan fingerprint density at radius 2 is 1.84 bits per heavy atom. The highest BCUT2D eigenvalue weighted by molar-refractivity contribution is 5.85. The van der Waals surface area contributed by atoms with Crippen LogP contribution in [0.2, 0.25) is 0 Å². The number of rotatable bonds is 9. The molecule has 2 aromatic heterocycles. The van der Waals surface area contributed by atoms with E-state index in [1.165, 1.54) is 12.8 Å². The van der Waals surface area contributed by atoms with E-state index in [0.29, 0.717) is 11.3 Å². The predicted octanol–water partition coefficient (Wildman–Crippen LogP) is 6.98. The summed E-state index contributed by atoms with van der Waals surface area (Å²) in [5.41, 5.74) is 3.34. The van der Waals surface area contributed by atoms with Gasteiger partial charge in [-0.1, -0.05) is 33.6 Å². The molecule has 7 nitrogen and oxygen atoms in total. The molecule has 0 radical (unpaired) electrons. The van der Waals surface area contributed by atoms with Crippen LogP contribution in [0.25, 0.3) is 11.3 Å². The topological polar surface area (TPSA) is 84.8 Å². The van der Waals surface area contributed by atoms with Gasteiger partial charge >= 0.3 is 5.97 Å². The first-order chi connectivity index (χ1) is 17.9. The molecule has 1 atom stereocenters. The van der Waals surface area contributed by atoms with E-state index in [2.05, 4.69) is 30.7 Å². The molecule has 7 heteroatoms. The summed E-state index contributed by atoms with van der Waals surface area (Å²) >= 11 is 0. The molecule has 0 bridgehead atoms. The number of aryl methyl sites for hydroxylation is 1. The number of pyridine rings is 2. The van der Waals surface area contributed by atoms with Gasteiger partial charge in [0.2, 0.25) is 0 Å². The number of carboxylic acids is 1. The molecular formula is C31H45N3O4. The van der Waals surface area contributed by atoms with Gasteiger partial charge in [0.15, 0.2) is 6.10 Å². The van der Waals surface area contributed by atoms with Crippen LogP contribution in [0.1, 0.15) is 97.4 Å². The Kier molecular flexibility index (Phi) is 8.36. The Hall–Kier alpha value is -2.67. The van der Waals surface area contributed by atoms with Gasteiger partial charge in [0.05, 0.1) is 29.3 Å². The molecule has 2 aliphatic rings. The van der Waals surface area contributed by atoms with E-state index in [-0.39, 0.29) is 11.5 Å². The molecule has 1 aliphatic carbocycles. The third kappa shape index (κ3) is 6.66. The molecule has 0 amide bonds. The SMILES string of the molecule is CCCC1CC(Oc2ccc(-c3cnc(C)c([C@H](OC(C)(C)C)C(=O)O)c3N3CCC(C)(C)CC3)nc2)C1. The lowest BCUT2D eigenvalue weighted by Gasteiger charge is -2.40. The summed E-state index contributed by atoms with van der Waals surface area (Å²) in [5.74, 6) is 0.540. The van der Waals surface area contributed by atoms with Gasteiger partial charge in [-0.2, -0.15) is 0 Å². The van der Waals surface area contributed by atoms with Crippen molar-refractivity contribution in [2.75, 3.05) is 18.0 Å². The van der Waals surface area contributed by atoms with Gasteiger partial charge in [-0.05, 0) is 76.8 Å². The first-order valence-corrected chi connectivity index (χ1v) is 14.1. The maximum Gasteiger partial charge on any atom is 0.337 e. The van der Waals surface area contributed by atoms with Gasteiger partial charge in [-0.15, -0.1) is 0 Å². The minimum Gasteiger partial charge on any atom is -0.489 e. The Morgan fingerprint density at radius 1 is 1.16 bits per heavy atom. The lowest BCUT2D eigenvalue weighted by Crippen LogP contribution is -2.39. The second kappa shape index (κ2) is 11.2. The number of ether oxygens (including phenoxy) is 2. The Balaban J connectivity index is 1.70. The number of carbonyl (C=O) groups is 1. The molecule has 1 saturated heterocycles. The van der Waals surface area contributed by atoms with Crippen molar-refractivity contribution < 1.29 is 19.4 Å². The van der Waals surface area contributed by atoms with Gasteiger partial charge < -0.3 is 19.5 Å². The number of anilines is 1. The van der Waals surface area contributed by atoms with Gasteiger partial charge in [0, 0.05) is 36.1 Å². The van der Waals surface area contributed by atoms with Crippen molar-refractivity contribution in [2.24, 2.45) is 11.3 Å². The van der Waals surface area contributed by atoms with Crippen molar-refractivity contribution >= 4 is 11.7 Å². The van der Waals surface area contributed by atoms with Crippen LogP contribution >= 0.6 is 0 Å². The van der Waals surface area contributed by atoms with Crippen molar-refractivity contribution in [3.63, 3.8) is 0 Å². The summed E-state index contributed by atoms with van der Waals surface area (Å²) in [7, 11) is 0. The molecule has 1 saturated carbocycles. The summed E-state index contributed by atoms with van der Waals surface area (Å²) in [4.78, 5) is 24.3. The van der Waals surface area contributed by atoms with Crippen LogP contribution in [0.3, 0.4) is 0 Å². The molecule has 0 spiro atoms. The molecule has 0 unspecified atom stereocenters. The van der Waals surface area contributed by atoms with E-state index >= 15 is 0 Å². The Bertz CT molecular complexity index is 1110. The van der Waals surface area contributed by atoms with Crippen LogP contribution in [-0.4, -0.2) is 45.8 Å². The van der Waals surface area contributed by atoms with Crippen molar-refractivity contribution in [2.45, 2.75) is 105 Å². The molecule has 38 heavy (non-hydrogen) atoms. The Morgan fingerprint density at radius 3 is 2.39 bits per heavy atom. The predicted molar refractivity (Wildman–Crippen MR) is 151 cm³/mol. The van der Waals surface area contributed by atoms with Gasteiger partial charge in [-0.3, -0.25) is 9.97 Å². The van der Waals surface area contributed by atoms with E-state index in [1.807, 2.05) is 46.0 Å². The highest BCUT2D eigenvalue weighted by Crippen LogP contribution is 2.43. The lowest BCUT2D eigenvalue weighted by molar-refractivity contribution is -0.160. The first kappa shape index (κ1) is 28.3. The highest BCUT2D eigenvalue weighted by atomic mass is 16.5. The monoisotopic (exact) mass is 523 g/mol. The molecule has 4 rings (SSSR count). The maximum absolute atomic E-state index is 12.6. The van der Waals surface area contributed by atoms with Crippen molar-refractivity contribution in [3.05, 3.63) is 35.8 Å². The third-order valence-electron chi connectivity index (χ3n) is 7.88. The van der Waals surface area contributed by atoms with E-state index in [4.69, 9.17) is 14.5 Å². The largest absolute Gasteiger partial charge is 0.489 e. The minimum atomic E-state index is -1.13. The fourth-order valence-electron chi connectivity index (χ4n) is 5.59. The molecule has 1 N–H and O–H groups in total. The van der Waals surface area contributed by atoms with Crippen LogP contribution in [0, 0.1) is 18.3 Å². The second-order valence-electron chi connectivity index (χ2n) is 12.9. The van der Waals surface area contributed by atoms with E-state index in [0.717, 1.165) is 67.4 Å². The average molecular weight is 524 g/mol. The molecule has 208 valence electrons. The van der Waals surface area contributed by atoms with Crippen molar-refractivity contribution in [3.8, 4) is 17.0 Å². The summed E-state index contributed by atoms with van der Waals surface area (Å²) in [6.07, 6.45) is 9.50. The van der Waals surface area contributed by atoms with E-state index < -0.39 is 17.7 Å². The average Bonchev–Trinajstić information content (AvgIpc) is 2.81. The summed E-state index contributed by atoms with van der Waals surface area (Å²) in [5, 5.41) is 10.3. The highest BCUT2D eigenvalue weighted by Gasteiger charge is 2.36. The second-order valence-corrected chi connectivity index (χ2v) is 12.9. The summed E-state index contributed by atoms with van der Waals surface area (Å²) in [6.45, 7) is 16.0. The lowest BCUT2D eigenvalue weighted by atomic mass is 9.79. The van der Waals surface area contributed by atoms with Gasteiger partial charge in [-0.25, -0.2) is 4.79 Å². The van der Waals surface area contributed by atoms with Crippen LogP contribution in [0.4, 0.5) is 5.69 Å². The number of nitrogens with zero attached hydrogens (tertiary/aromatic N) is 3. The fourth-order valence-corrected chi connectivity index (χ4v) is 5.59. The Labute approximate surface area is 228 Å². The zero-order valence-electron chi connectivity index (χ0n) is 24.2. The number of aromatic nitrogens is 2. The van der Waals surface area contributed by atoms with Gasteiger partial charge in [0.25, 0.3) is 0 Å². The van der Waals surface area contributed by atoms with E-state index in [1.54, 1.807) is 6.20 Å². The number of aliphatic carboxylic acids is 1. The molecular weight excluding hydrogens is 478 g/mol. The van der Waals surface area contributed by atoms with Crippen molar-refractivity contribution in [1.82, 2.24) is 9.97 Å². The minimum absolute atomic E-state index is 0.252. The quantitative estimate of drug-likeness (QED) is 0.380. The van der Waals surface area contributed by atoms with E-state index in [9.17, 15) is 9.90 Å². The fraction of sp³-hybridized carbons (Fsp3) is 0.645. The standard InChI is InChI=1S/C31H45N3O4/c1-8-9-21-16-23(17-21)37-22-10-11-25(33-18-22)24-19-32-20(2)26(28(29(35)36)38-30(3,4)5)27(24)34-14-12-31(6,7)13-15-34/h10-11,18-19,21,23,28H,8-9,12-17H2,1-7H3,(H,35,36)/t21?,23?,28-/m0/s1. The van der Waals surface area contributed by atoms with Crippen molar-refractivity contribution in [1.29, 1.82) is 0 Å². The number of hydrogen-bond acceptors (Lipinski definition) is 6. The smallest absolute Gasteiger partial charge is 0.337 e. The third-order valence-corrected chi connectivity index (χ3v) is 7.88. The summed E-state index contributed by atoms with van der Waals surface area (Å²) < 4.78 is 12.3. The normalized spacial score (nSPS) is 22.0. The summed E-state index contributed by atoms with van der Waals surface area (Å²) in [6, 6.07) is 3.93. The number of hydrogen-bond donors (Lipinski definition) is 1. The molecule has 2 aromatic rings. The number of carboxylic acid groups (broad SMARTS) is 1. The molecule has 0 aromatic carbocycles. The molecule has 1 aliphatic heterocycles. The molecule has 3 heterocycles. The zero-order valence-corrected chi connectivity index (χ0v) is 24.2. The zero-order chi connectivity index (χ0) is 27.7. The molecule has 2 fully saturated rings. The van der Waals surface area contributed by atoms with Crippen LogP contribution < -0.4 is 9.64 Å². The van der Waals surface area contributed by atoms with Crippen LogP contribution in [0.15, 0.2) is 24.5 Å². The van der Waals surface area contributed by atoms with Crippen LogP contribution in [-0.2, 0) is 9.53 Å². The van der Waals surface area contributed by atoms with Crippen LogP contribution in [0.5, 0.6) is 5.75 Å². The maximum atomic E-state index is 12.6. The van der Waals surface area contributed by atoms with Gasteiger partial charge in [0.1, 0.15) is 5.75 Å². The first-order valence-electron chi connectivity index (χ1n) is 14.1.